The second kappa shape index (κ2) is 7.70. The number of rotatable bonds is 3. The minimum Gasteiger partial charge on any atom is -0.356 e. The number of pyridine rings is 1. The minimum absolute atomic E-state index is 0.103. The highest BCUT2D eigenvalue weighted by Crippen LogP contribution is 2.27. The molecule has 0 aliphatic carbocycles. The van der Waals surface area contributed by atoms with Gasteiger partial charge in [0.1, 0.15) is 5.82 Å². The molecular weight excluding hydrogens is 362 g/mol. The molecule has 6 nitrogen and oxygen atoms in total. The molecule has 0 radical (unpaired) electrons. The third kappa shape index (κ3) is 3.50. The zero-order chi connectivity index (χ0) is 19.6. The summed E-state index contributed by atoms with van der Waals surface area (Å²) in [5, 5.41) is 7.82. The van der Waals surface area contributed by atoms with Gasteiger partial charge in [0.25, 0.3) is 5.91 Å². The van der Waals surface area contributed by atoms with Crippen molar-refractivity contribution in [3.05, 3.63) is 65.5 Å². The molecule has 2 aromatic heterocycles. The van der Waals surface area contributed by atoms with Crippen LogP contribution in [0.25, 0.3) is 11.3 Å². The number of hydrogen-bond acceptors (Lipinski definition) is 4. The molecule has 0 bridgehead atoms. The molecule has 1 fully saturated rings. The molecule has 1 saturated heterocycles. The number of H-pyrrole nitrogens is 1. The highest BCUT2D eigenvalue weighted by Gasteiger charge is 2.22. The Kier molecular flexibility index (Phi) is 4.76. The molecule has 0 atom stereocenters. The molecule has 148 valence electrons. The van der Waals surface area contributed by atoms with E-state index >= 15 is 0 Å². The summed E-state index contributed by atoms with van der Waals surface area (Å²) in [6.07, 6.45) is 5.77. The second-order valence-electron chi connectivity index (χ2n) is 7.79. The lowest BCUT2D eigenvalue weighted by Gasteiger charge is -2.22. The molecule has 0 spiro atoms. The van der Waals surface area contributed by atoms with Gasteiger partial charge in [-0.25, -0.2) is 4.98 Å². The number of likely N-dealkylation sites (tertiary alicyclic amines) is 1. The number of carbonyl (C=O) groups excluding carboxylic acids is 1. The fourth-order valence-electron chi connectivity index (χ4n) is 4.35. The van der Waals surface area contributed by atoms with Gasteiger partial charge in [-0.05, 0) is 31.4 Å². The first kappa shape index (κ1) is 17.9. The first-order valence-corrected chi connectivity index (χ1v) is 10.4. The average molecular weight is 387 g/mol. The van der Waals surface area contributed by atoms with Gasteiger partial charge in [0.15, 0.2) is 0 Å². The summed E-state index contributed by atoms with van der Waals surface area (Å²) in [5.41, 5.74) is 5.42. The number of anilines is 1. The molecule has 0 saturated carbocycles. The van der Waals surface area contributed by atoms with Gasteiger partial charge in [-0.1, -0.05) is 30.3 Å². The van der Waals surface area contributed by atoms with Gasteiger partial charge in [0.05, 0.1) is 11.3 Å². The maximum absolute atomic E-state index is 12.5. The third-order valence-corrected chi connectivity index (χ3v) is 5.98. The lowest BCUT2D eigenvalue weighted by atomic mass is 10.0. The van der Waals surface area contributed by atoms with Crippen LogP contribution in [0.15, 0.2) is 48.7 Å². The maximum atomic E-state index is 12.5. The first-order chi connectivity index (χ1) is 14.3. The van der Waals surface area contributed by atoms with Crippen LogP contribution in [0.3, 0.4) is 0 Å². The van der Waals surface area contributed by atoms with Crippen molar-refractivity contribution in [1.29, 1.82) is 0 Å². The van der Waals surface area contributed by atoms with E-state index in [9.17, 15) is 4.79 Å². The largest absolute Gasteiger partial charge is 0.356 e. The Morgan fingerprint density at radius 1 is 0.931 bits per heavy atom. The number of fused-ring (bicyclic) bond motifs is 1. The van der Waals surface area contributed by atoms with Crippen molar-refractivity contribution in [1.82, 2.24) is 20.1 Å². The molecule has 1 aromatic carbocycles. The number of aromatic amines is 1. The number of aromatic nitrogens is 3. The topological polar surface area (TPSA) is 65.1 Å². The molecule has 6 heteroatoms. The van der Waals surface area contributed by atoms with Crippen molar-refractivity contribution in [2.45, 2.75) is 25.7 Å². The molecule has 2 aliphatic heterocycles. The maximum Gasteiger partial charge on any atom is 0.255 e. The third-order valence-electron chi connectivity index (χ3n) is 5.98. The van der Waals surface area contributed by atoms with Crippen molar-refractivity contribution in [2.24, 2.45) is 0 Å². The van der Waals surface area contributed by atoms with Gasteiger partial charge < -0.3 is 9.80 Å². The van der Waals surface area contributed by atoms with E-state index in [0.29, 0.717) is 5.56 Å². The molecule has 2 aliphatic rings. The van der Waals surface area contributed by atoms with Crippen LogP contribution in [0.1, 0.15) is 34.5 Å². The summed E-state index contributed by atoms with van der Waals surface area (Å²) < 4.78 is 0. The summed E-state index contributed by atoms with van der Waals surface area (Å²) in [7, 11) is 0. The Labute approximate surface area is 170 Å². The first-order valence-electron chi connectivity index (χ1n) is 10.4. The van der Waals surface area contributed by atoms with Gasteiger partial charge >= 0.3 is 0 Å². The van der Waals surface area contributed by atoms with Crippen LogP contribution in [0, 0.1) is 0 Å². The van der Waals surface area contributed by atoms with Crippen molar-refractivity contribution in [3.63, 3.8) is 0 Å². The fourth-order valence-corrected chi connectivity index (χ4v) is 4.35. The molecular formula is C23H25N5O. The van der Waals surface area contributed by atoms with E-state index in [4.69, 9.17) is 0 Å². The molecule has 0 unspecified atom stereocenters. The molecule has 3 aromatic rings. The smallest absolute Gasteiger partial charge is 0.255 e. The normalized spacial score (nSPS) is 16.6. The Morgan fingerprint density at radius 2 is 1.72 bits per heavy atom. The number of carbonyl (C=O) groups is 1. The van der Waals surface area contributed by atoms with Crippen LogP contribution in [0.4, 0.5) is 5.82 Å². The molecule has 29 heavy (non-hydrogen) atoms. The zero-order valence-corrected chi connectivity index (χ0v) is 16.5. The summed E-state index contributed by atoms with van der Waals surface area (Å²) in [6, 6.07) is 14.3. The lowest BCUT2D eigenvalue weighted by molar-refractivity contribution is 0.0792. The Morgan fingerprint density at radius 3 is 2.48 bits per heavy atom. The Balaban J connectivity index is 1.31. The lowest BCUT2D eigenvalue weighted by Crippen LogP contribution is -2.29. The monoisotopic (exact) mass is 387 g/mol. The van der Waals surface area contributed by atoms with Gasteiger partial charge in [-0.2, -0.15) is 5.10 Å². The molecule has 5 rings (SSSR count). The highest BCUT2D eigenvalue weighted by molar-refractivity contribution is 5.94. The van der Waals surface area contributed by atoms with Crippen molar-refractivity contribution >= 4 is 11.7 Å². The zero-order valence-electron chi connectivity index (χ0n) is 16.5. The van der Waals surface area contributed by atoms with E-state index in [1.807, 2.05) is 35.2 Å². The fraction of sp³-hybridized carbons (Fsp3) is 0.348. The number of benzene rings is 1. The van der Waals surface area contributed by atoms with Crippen LogP contribution >= 0.6 is 0 Å². The van der Waals surface area contributed by atoms with Crippen LogP contribution in [-0.2, 0) is 12.8 Å². The van der Waals surface area contributed by atoms with Crippen molar-refractivity contribution in [3.8, 4) is 11.3 Å². The van der Waals surface area contributed by atoms with E-state index < -0.39 is 0 Å². The van der Waals surface area contributed by atoms with E-state index in [1.165, 1.54) is 11.3 Å². The quantitative estimate of drug-likeness (QED) is 0.749. The van der Waals surface area contributed by atoms with Crippen molar-refractivity contribution < 1.29 is 4.79 Å². The van der Waals surface area contributed by atoms with Crippen molar-refractivity contribution in [2.75, 3.05) is 31.1 Å². The highest BCUT2D eigenvalue weighted by atomic mass is 16.2. The SMILES string of the molecule is O=C(c1ccc(N2CCc3[nH]nc(-c4ccccc4)c3CC2)nc1)N1CCCC1. The summed E-state index contributed by atoms with van der Waals surface area (Å²) >= 11 is 0. The summed E-state index contributed by atoms with van der Waals surface area (Å²) in [4.78, 5) is 21.4. The Bertz CT molecular complexity index is 990. The predicted octanol–water partition coefficient (Wildman–Crippen LogP) is 3.31. The minimum atomic E-state index is 0.103. The van der Waals surface area contributed by atoms with E-state index in [0.717, 1.165) is 68.9 Å². The number of nitrogens with zero attached hydrogens (tertiary/aromatic N) is 4. The number of hydrogen-bond donors (Lipinski definition) is 1. The molecule has 1 amide bonds. The van der Waals surface area contributed by atoms with E-state index in [-0.39, 0.29) is 5.91 Å². The summed E-state index contributed by atoms with van der Waals surface area (Å²) in [5.74, 6) is 1.04. The van der Waals surface area contributed by atoms with Gasteiger partial charge in [0.2, 0.25) is 0 Å². The van der Waals surface area contributed by atoms with E-state index in [1.54, 1.807) is 6.20 Å². The number of nitrogens with one attached hydrogen (secondary N) is 1. The van der Waals surface area contributed by atoms with Crippen LogP contribution < -0.4 is 4.90 Å². The predicted molar refractivity (Wildman–Crippen MR) is 113 cm³/mol. The second-order valence-corrected chi connectivity index (χ2v) is 7.79. The molecule has 4 heterocycles. The summed E-state index contributed by atoms with van der Waals surface area (Å²) in [6.45, 7) is 3.50. The van der Waals surface area contributed by atoms with Crippen LogP contribution in [-0.4, -0.2) is 52.2 Å². The van der Waals surface area contributed by atoms with Gasteiger partial charge in [-0.15, -0.1) is 0 Å². The average Bonchev–Trinajstić information content (AvgIpc) is 3.41. The Hall–Kier alpha value is -3.15. The van der Waals surface area contributed by atoms with Crippen LogP contribution in [0.2, 0.25) is 0 Å². The van der Waals surface area contributed by atoms with Gasteiger partial charge in [0, 0.05) is 55.6 Å². The number of amides is 1. The standard InChI is InChI=1S/C23H25N5O/c29-23(28-12-4-5-13-28)18-8-9-21(24-16-18)27-14-10-19-20(11-15-27)25-26-22(19)17-6-2-1-3-7-17/h1-3,6-9,16H,4-5,10-15H2,(H,25,26). The van der Waals surface area contributed by atoms with Crippen LogP contribution in [0.5, 0.6) is 0 Å². The van der Waals surface area contributed by atoms with E-state index in [2.05, 4.69) is 32.2 Å². The molecule has 1 N–H and O–H groups in total. The van der Waals surface area contributed by atoms with Gasteiger partial charge in [-0.3, -0.25) is 9.89 Å².